The molecule has 5 nitrogen and oxygen atoms in total. The highest BCUT2D eigenvalue weighted by Gasteiger charge is 2.12. The molecule has 0 bridgehead atoms. The topological polar surface area (TPSA) is 84.6 Å². The van der Waals surface area contributed by atoms with Crippen molar-refractivity contribution < 1.29 is 14.6 Å². The molecule has 0 heterocycles. The van der Waals surface area contributed by atoms with E-state index in [0.29, 0.717) is 16.8 Å². The minimum atomic E-state index is -0.794. The number of para-hydroxylation sites is 1. The van der Waals surface area contributed by atoms with Crippen molar-refractivity contribution in [2.45, 2.75) is 26.1 Å². The van der Waals surface area contributed by atoms with Crippen molar-refractivity contribution in [3.05, 3.63) is 59.7 Å². The number of nitrogen functional groups attached to an aromatic ring is 1. The van der Waals surface area contributed by atoms with E-state index in [4.69, 9.17) is 10.5 Å². The van der Waals surface area contributed by atoms with Gasteiger partial charge in [0, 0.05) is 12.2 Å². The first-order valence-corrected chi connectivity index (χ1v) is 7.54. The van der Waals surface area contributed by atoms with Gasteiger partial charge in [-0.15, -0.1) is 0 Å². The van der Waals surface area contributed by atoms with Crippen molar-refractivity contribution in [3.63, 3.8) is 0 Å². The third-order valence-corrected chi connectivity index (χ3v) is 3.30. The molecule has 23 heavy (non-hydrogen) atoms. The van der Waals surface area contributed by atoms with Gasteiger partial charge in [0.2, 0.25) is 0 Å². The number of aliphatic hydroxyl groups is 1. The highest BCUT2D eigenvalue weighted by molar-refractivity contribution is 5.99. The van der Waals surface area contributed by atoms with Gasteiger partial charge in [-0.1, -0.05) is 24.3 Å². The summed E-state index contributed by atoms with van der Waals surface area (Å²) in [5.74, 6) is 0.443. The molecule has 1 atom stereocenters. The van der Waals surface area contributed by atoms with E-state index in [1.165, 1.54) is 0 Å². The number of nitrogens with one attached hydrogen (secondary N) is 1. The van der Waals surface area contributed by atoms with Crippen LogP contribution in [-0.4, -0.2) is 23.7 Å². The zero-order valence-corrected chi connectivity index (χ0v) is 13.3. The van der Waals surface area contributed by atoms with Crippen molar-refractivity contribution >= 4 is 11.6 Å². The lowest BCUT2D eigenvalue weighted by Crippen LogP contribution is -2.28. The molecule has 0 aliphatic heterocycles. The minimum absolute atomic E-state index is 0.0985. The Labute approximate surface area is 136 Å². The quantitative estimate of drug-likeness (QED) is 0.715. The predicted molar refractivity (Wildman–Crippen MR) is 90.4 cm³/mol. The standard InChI is InChI=1S/C18H22N2O3/c1-12(2)23-14-9-7-13(8-10-14)17(21)11-20-18(22)15-5-3-4-6-16(15)19/h3-10,12,17,21H,11,19H2,1-2H3,(H,20,22). The summed E-state index contributed by atoms with van der Waals surface area (Å²) >= 11 is 0. The summed E-state index contributed by atoms with van der Waals surface area (Å²) in [5, 5.41) is 12.9. The minimum Gasteiger partial charge on any atom is -0.491 e. The maximum absolute atomic E-state index is 12.1. The normalized spacial score (nSPS) is 12.0. The first kappa shape index (κ1) is 16.8. The van der Waals surface area contributed by atoms with Crippen LogP contribution in [-0.2, 0) is 0 Å². The molecule has 0 saturated carbocycles. The molecule has 0 radical (unpaired) electrons. The molecule has 0 aromatic heterocycles. The summed E-state index contributed by atoms with van der Waals surface area (Å²) in [6, 6.07) is 14.0. The molecular formula is C18H22N2O3. The van der Waals surface area contributed by atoms with E-state index in [-0.39, 0.29) is 18.6 Å². The van der Waals surface area contributed by atoms with E-state index >= 15 is 0 Å². The number of carbonyl (C=O) groups is 1. The van der Waals surface area contributed by atoms with Crippen LogP contribution < -0.4 is 15.8 Å². The average molecular weight is 314 g/mol. The molecule has 0 spiro atoms. The fraction of sp³-hybridized carbons (Fsp3) is 0.278. The van der Waals surface area contributed by atoms with Crippen LogP contribution >= 0.6 is 0 Å². The van der Waals surface area contributed by atoms with E-state index in [1.54, 1.807) is 48.5 Å². The van der Waals surface area contributed by atoms with Crippen LogP contribution in [0.5, 0.6) is 5.75 Å². The van der Waals surface area contributed by atoms with Gasteiger partial charge in [-0.25, -0.2) is 0 Å². The Hall–Kier alpha value is -2.53. The van der Waals surface area contributed by atoms with Crippen LogP contribution in [0.4, 0.5) is 5.69 Å². The number of hydrogen-bond acceptors (Lipinski definition) is 4. The Morgan fingerprint density at radius 2 is 1.83 bits per heavy atom. The fourth-order valence-corrected chi connectivity index (χ4v) is 2.15. The maximum atomic E-state index is 12.1. The summed E-state index contributed by atoms with van der Waals surface area (Å²) in [7, 11) is 0. The van der Waals surface area contributed by atoms with Crippen molar-refractivity contribution in [2.24, 2.45) is 0 Å². The Morgan fingerprint density at radius 1 is 1.17 bits per heavy atom. The van der Waals surface area contributed by atoms with E-state index < -0.39 is 6.10 Å². The zero-order valence-electron chi connectivity index (χ0n) is 13.3. The Balaban J connectivity index is 1.93. The first-order chi connectivity index (χ1) is 11.0. The van der Waals surface area contributed by atoms with Gasteiger partial charge in [0.05, 0.1) is 17.8 Å². The fourth-order valence-electron chi connectivity index (χ4n) is 2.15. The molecule has 0 aliphatic rings. The summed E-state index contributed by atoms with van der Waals surface area (Å²) < 4.78 is 5.55. The lowest BCUT2D eigenvalue weighted by molar-refractivity contribution is 0.0917. The molecule has 2 aromatic rings. The van der Waals surface area contributed by atoms with Crippen molar-refractivity contribution in [1.82, 2.24) is 5.32 Å². The van der Waals surface area contributed by atoms with Crippen LogP contribution in [0.15, 0.2) is 48.5 Å². The number of aliphatic hydroxyl groups excluding tert-OH is 1. The number of nitrogens with two attached hydrogens (primary N) is 1. The van der Waals surface area contributed by atoms with Gasteiger partial charge in [-0.3, -0.25) is 4.79 Å². The summed E-state index contributed by atoms with van der Waals surface area (Å²) in [6.07, 6.45) is -0.696. The number of rotatable bonds is 6. The molecule has 2 aromatic carbocycles. The highest BCUT2D eigenvalue weighted by Crippen LogP contribution is 2.18. The molecule has 5 heteroatoms. The van der Waals surface area contributed by atoms with Gasteiger partial charge >= 0.3 is 0 Å². The summed E-state index contributed by atoms with van der Waals surface area (Å²) in [5.41, 5.74) is 7.28. The van der Waals surface area contributed by atoms with Crippen LogP contribution in [0.3, 0.4) is 0 Å². The lowest BCUT2D eigenvalue weighted by Gasteiger charge is -2.14. The van der Waals surface area contributed by atoms with Gasteiger partial charge in [-0.05, 0) is 43.7 Å². The SMILES string of the molecule is CC(C)Oc1ccc(C(O)CNC(=O)c2ccccc2N)cc1. The Morgan fingerprint density at radius 3 is 2.43 bits per heavy atom. The average Bonchev–Trinajstić information content (AvgIpc) is 2.53. The maximum Gasteiger partial charge on any atom is 0.253 e. The van der Waals surface area contributed by atoms with Gasteiger partial charge < -0.3 is 20.9 Å². The second-order valence-electron chi connectivity index (χ2n) is 5.55. The molecule has 1 unspecified atom stereocenters. The van der Waals surface area contributed by atoms with Crippen LogP contribution in [0.2, 0.25) is 0 Å². The van der Waals surface area contributed by atoms with Crippen LogP contribution in [0.25, 0.3) is 0 Å². The number of hydrogen-bond donors (Lipinski definition) is 3. The van der Waals surface area contributed by atoms with Crippen molar-refractivity contribution in [1.29, 1.82) is 0 Å². The molecule has 2 rings (SSSR count). The van der Waals surface area contributed by atoms with Gasteiger partial charge in [0.1, 0.15) is 5.75 Å². The van der Waals surface area contributed by atoms with Crippen LogP contribution in [0, 0.1) is 0 Å². The first-order valence-electron chi connectivity index (χ1n) is 7.54. The number of carbonyl (C=O) groups excluding carboxylic acids is 1. The van der Waals surface area contributed by atoms with E-state index in [2.05, 4.69) is 5.32 Å². The van der Waals surface area contributed by atoms with E-state index in [0.717, 1.165) is 5.75 Å². The Bertz CT molecular complexity index is 654. The third-order valence-electron chi connectivity index (χ3n) is 3.30. The van der Waals surface area contributed by atoms with E-state index in [9.17, 15) is 9.90 Å². The summed E-state index contributed by atoms with van der Waals surface area (Å²) in [4.78, 5) is 12.1. The third kappa shape index (κ3) is 4.72. The second kappa shape index (κ2) is 7.65. The molecule has 0 saturated heterocycles. The summed E-state index contributed by atoms with van der Waals surface area (Å²) in [6.45, 7) is 4.01. The van der Waals surface area contributed by atoms with Gasteiger partial charge in [-0.2, -0.15) is 0 Å². The molecule has 0 fully saturated rings. The molecule has 122 valence electrons. The smallest absolute Gasteiger partial charge is 0.253 e. The lowest BCUT2D eigenvalue weighted by atomic mass is 10.1. The molecule has 0 aliphatic carbocycles. The monoisotopic (exact) mass is 314 g/mol. The van der Waals surface area contributed by atoms with Gasteiger partial charge in [0.25, 0.3) is 5.91 Å². The van der Waals surface area contributed by atoms with Crippen molar-refractivity contribution in [3.8, 4) is 5.75 Å². The second-order valence-corrected chi connectivity index (χ2v) is 5.55. The highest BCUT2D eigenvalue weighted by atomic mass is 16.5. The van der Waals surface area contributed by atoms with Gasteiger partial charge in [0.15, 0.2) is 0 Å². The molecule has 1 amide bonds. The van der Waals surface area contributed by atoms with E-state index in [1.807, 2.05) is 13.8 Å². The zero-order chi connectivity index (χ0) is 16.8. The number of benzene rings is 2. The molecule has 4 N–H and O–H groups in total. The largest absolute Gasteiger partial charge is 0.491 e. The molecular weight excluding hydrogens is 292 g/mol. The Kier molecular flexibility index (Phi) is 5.60. The predicted octanol–water partition coefficient (Wildman–Crippen LogP) is 2.52. The van der Waals surface area contributed by atoms with Crippen LogP contribution in [0.1, 0.15) is 35.9 Å². The number of anilines is 1. The number of amides is 1. The van der Waals surface area contributed by atoms with Crippen molar-refractivity contribution in [2.75, 3.05) is 12.3 Å². The number of ether oxygens (including phenoxy) is 1.